The number of hydrogen-bond donors (Lipinski definition) is 0. The molecule has 0 aliphatic rings. The van der Waals surface area contributed by atoms with Gasteiger partial charge in [0.1, 0.15) is 0 Å². The standard InChI is InChI=1S/C31H34ClNS2/c1-19-20(2)35-29(34)33(19)28-26(21-11-9-13-23(15-21)30(3,4)5)17-25(32)18-27(28)22-12-10-14-24(16-22)31(6,7)8/h9-18H,1-8H3. The number of aryl methyl sites for hydroxylation is 1. The van der Waals surface area contributed by atoms with Crippen LogP contribution in [-0.4, -0.2) is 4.57 Å². The summed E-state index contributed by atoms with van der Waals surface area (Å²) < 4.78 is 3.09. The SMILES string of the molecule is Cc1sc(=S)n(-c2c(-c3cccc(C(C)(C)C)c3)cc(Cl)cc2-c2cccc(C(C)(C)C)c2)c1C. The zero-order chi connectivity index (χ0) is 25.7. The molecule has 1 nitrogen and oxygen atoms in total. The Morgan fingerprint density at radius 1 is 0.743 bits per heavy atom. The molecule has 4 heteroatoms. The highest BCUT2D eigenvalue weighted by molar-refractivity contribution is 7.73. The normalized spacial score (nSPS) is 12.3. The predicted octanol–water partition coefficient (Wildman–Crippen LogP) is 10.5. The maximum atomic E-state index is 6.82. The van der Waals surface area contributed by atoms with Gasteiger partial charge in [0.05, 0.1) is 5.69 Å². The molecule has 4 rings (SSSR count). The van der Waals surface area contributed by atoms with Crippen molar-refractivity contribution in [3.05, 3.63) is 91.3 Å². The molecular formula is C31H34ClNS2. The first-order chi connectivity index (χ1) is 16.3. The first-order valence-corrected chi connectivity index (χ1v) is 13.6. The molecule has 182 valence electrons. The van der Waals surface area contributed by atoms with Crippen molar-refractivity contribution >= 4 is 35.2 Å². The lowest BCUT2D eigenvalue weighted by Gasteiger charge is -2.23. The van der Waals surface area contributed by atoms with Crippen LogP contribution in [0.1, 0.15) is 63.2 Å². The van der Waals surface area contributed by atoms with Crippen LogP contribution in [-0.2, 0) is 10.8 Å². The molecule has 0 aliphatic heterocycles. The Balaban J connectivity index is 2.12. The molecule has 0 aliphatic carbocycles. The quantitative estimate of drug-likeness (QED) is 0.243. The summed E-state index contributed by atoms with van der Waals surface area (Å²) in [4.78, 5) is 1.23. The molecule has 35 heavy (non-hydrogen) atoms. The molecule has 0 bridgehead atoms. The number of benzene rings is 3. The Kier molecular flexibility index (Phi) is 6.91. The van der Waals surface area contributed by atoms with E-state index in [-0.39, 0.29) is 10.8 Å². The number of nitrogens with zero attached hydrogens (tertiary/aromatic N) is 1. The largest absolute Gasteiger partial charge is 0.295 e. The number of thiazole rings is 1. The van der Waals surface area contributed by atoms with Crippen molar-refractivity contribution in [3.8, 4) is 27.9 Å². The van der Waals surface area contributed by atoms with Gasteiger partial charge < -0.3 is 0 Å². The van der Waals surface area contributed by atoms with Crippen LogP contribution in [0.25, 0.3) is 27.9 Å². The fourth-order valence-corrected chi connectivity index (χ4v) is 6.03. The number of halogens is 1. The van der Waals surface area contributed by atoms with Gasteiger partial charge in [-0.1, -0.05) is 102 Å². The number of hydrogen-bond acceptors (Lipinski definition) is 2. The highest BCUT2D eigenvalue weighted by Gasteiger charge is 2.22. The van der Waals surface area contributed by atoms with Crippen molar-refractivity contribution in [1.29, 1.82) is 0 Å². The summed E-state index contributed by atoms with van der Waals surface area (Å²) in [6.07, 6.45) is 0. The lowest BCUT2D eigenvalue weighted by atomic mass is 9.84. The fourth-order valence-electron chi connectivity index (χ4n) is 4.39. The van der Waals surface area contributed by atoms with Crippen molar-refractivity contribution in [1.82, 2.24) is 4.57 Å². The highest BCUT2D eigenvalue weighted by atomic mass is 35.5. The van der Waals surface area contributed by atoms with E-state index < -0.39 is 0 Å². The monoisotopic (exact) mass is 519 g/mol. The first kappa shape index (κ1) is 25.9. The third-order valence-electron chi connectivity index (χ3n) is 6.65. The van der Waals surface area contributed by atoms with Gasteiger partial charge in [-0.25, -0.2) is 0 Å². The highest BCUT2D eigenvalue weighted by Crippen LogP contribution is 2.42. The smallest absolute Gasteiger partial charge is 0.166 e. The minimum atomic E-state index is 0.0455. The summed E-state index contributed by atoms with van der Waals surface area (Å²) in [5.74, 6) is 0. The molecule has 0 atom stereocenters. The van der Waals surface area contributed by atoms with Gasteiger partial charge in [0.25, 0.3) is 0 Å². The molecule has 0 N–H and O–H groups in total. The molecule has 4 aromatic rings. The lowest BCUT2D eigenvalue weighted by molar-refractivity contribution is 0.590. The Hall–Kier alpha value is -2.20. The van der Waals surface area contributed by atoms with Crippen molar-refractivity contribution in [2.24, 2.45) is 0 Å². The average Bonchev–Trinajstić information content (AvgIpc) is 3.03. The van der Waals surface area contributed by atoms with Crippen LogP contribution in [0.15, 0.2) is 60.7 Å². The third kappa shape index (κ3) is 5.18. The summed E-state index contributed by atoms with van der Waals surface area (Å²) >= 11 is 14.4. The zero-order valence-corrected chi connectivity index (χ0v) is 24.3. The van der Waals surface area contributed by atoms with E-state index in [1.54, 1.807) is 11.3 Å². The predicted molar refractivity (Wildman–Crippen MR) is 157 cm³/mol. The van der Waals surface area contributed by atoms with E-state index in [9.17, 15) is 0 Å². The summed E-state index contributed by atoms with van der Waals surface area (Å²) in [6, 6.07) is 21.8. The van der Waals surface area contributed by atoms with Gasteiger partial charge in [-0.2, -0.15) is 0 Å². The molecule has 0 saturated heterocycles. The third-order valence-corrected chi connectivity index (χ3v) is 8.25. The fraction of sp³-hybridized carbons (Fsp3) is 0.323. The van der Waals surface area contributed by atoms with E-state index >= 15 is 0 Å². The van der Waals surface area contributed by atoms with E-state index in [1.165, 1.54) is 21.7 Å². The summed E-state index contributed by atoms with van der Waals surface area (Å²) in [6.45, 7) is 17.8. The Morgan fingerprint density at radius 3 is 1.57 bits per heavy atom. The van der Waals surface area contributed by atoms with E-state index in [2.05, 4.69) is 121 Å². The van der Waals surface area contributed by atoms with Crippen molar-refractivity contribution < 1.29 is 0 Å². The molecule has 0 radical (unpaired) electrons. The topological polar surface area (TPSA) is 4.93 Å². The van der Waals surface area contributed by atoms with Crippen LogP contribution in [0, 0.1) is 17.8 Å². The molecule has 0 unspecified atom stereocenters. The molecular weight excluding hydrogens is 486 g/mol. The number of aromatic nitrogens is 1. The number of rotatable bonds is 3. The molecule has 0 amide bonds. The maximum absolute atomic E-state index is 6.82. The van der Waals surface area contributed by atoms with Crippen LogP contribution in [0.2, 0.25) is 5.02 Å². The molecule has 1 heterocycles. The second-order valence-corrected chi connectivity index (χ2v) is 13.6. The maximum Gasteiger partial charge on any atom is 0.166 e. The van der Waals surface area contributed by atoms with Crippen molar-refractivity contribution in [2.75, 3.05) is 0 Å². The Morgan fingerprint density at radius 2 is 1.20 bits per heavy atom. The minimum Gasteiger partial charge on any atom is -0.295 e. The molecule has 0 fully saturated rings. The Bertz CT molecular complexity index is 1380. The minimum absolute atomic E-state index is 0.0455. The van der Waals surface area contributed by atoms with Crippen LogP contribution in [0.5, 0.6) is 0 Å². The first-order valence-electron chi connectivity index (χ1n) is 12.0. The molecule has 3 aromatic carbocycles. The van der Waals surface area contributed by atoms with Crippen LogP contribution < -0.4 is 0 Å². The van der Waals surface area contributed by atoms with Crippen LogP contribution >= 0.6 is 35.2 Å². The summed E-state index contributed by atoms with van der Waals surface area (Å²) in [5.41, 5.74) is 9.42. The molecule has 0 saturated carbocycles. The second-order valence-electron chi connectivity index (χ2n) is 11.4. The second kappa shape index (κ2) is 9.35. The van der Waals surface area contributed by atoms with Crippen molar-refractivity contribution in [2.45, 2.75) is 66.2 Å². The zero-order valence-electron chi connectivity index (χ0n) is 21.9. The van der Waals surface area contributed by atoms with Gasteiger partial charge >= 0.3 is 0 Å². The van der Waals surface area contributed by atoms with Crippen LogP contribution in [0.4, 0.5) is 0 Å². The van der Waals surface area contributed by atoms with E-state index in [0.29, 0.717) is 0 Å². The van der Waals surface area contributed by atoms with Crippen molar-refractivity contribution in [3.63, 3.8) is 0 Å². The van der Waals surface area contributed by atoms with Gasteiger partial charge in [0.15, 0.2) is 3.95 Å². The van der Waals surface area contributed by atoms with E-state index in [1.807, 2.05) is 0 Å². The summed E-state index contributed by atoms with van der Waals surface area (Å²) in [7, 11) is 0. The van der Waals surface area contributed by atoms with Gasteiger partial charge in [-0.15, -0.1) is 11.3 Å². The van der Waals surface area contributed by atoms with Crippen LogP contribution in [0.3, 0.4) is 0 Å². The Labute approximate surface area is 224 Å². The van der Waals surface area contributed by atoms with E-state index in [4.69, 9.17) is 23.8 Å². The van der Waals surface area contributed by atoms with Gasteiger partial charge in [-0.05, 0) is 71.3 Å². The average molecular weight is 520 g/mol. The van der Waals surface area contributed by atoms with Gasteiger partial charge in [-0.3, -0.25) is 4.57 Å². The van der Waals surface area contributed by atoms with E-state index in [0.717, 1.165) is 36.9 Å². The molecule has 0 spiro atoms. The summed E-state index contributed by atoms with van der Waals surface area (Å²) in [5, 5.41) is 0.720. The lowest BCUT2D eigenvalue weighted by Crippen LogP contribution is -2.11. The molecule has 1 aromatic heterocycles. The van der Waals surface area contributed by atoms with Gasteiger partial charge in [0, 0.05) is 26.7 Å². The van der Waals surface area contributed by atoms with Gasteiger partial charge in [0.2, 0.25) is 0 Å².